The molecule has 0 aromatic heterocycles. The van der Waals surface area contributed by atoms with E-state index in [9.17, 15) is 18.0 Å². The van der Waals surface area contributed by atoms with Gasteiger partial charge in [0.15, 0.2) is 0 Å². The van der Waals surface area contributed by atoms with Crippen LogP contribution in [-0.2, 0) is 4.74 Å². The Morgan fingerprint density at radius 3 is 2.45 bits per heavy atom. The second-order valence-corrected chi connectivity index (χ2v) is 7.07. The Hall–Kier alpha value is -0.980. The van der Waals surface area contributed by atoms with Gasteiger partial charge in [-0.25, -0.2) is 4.79 Å². The van der Waals surface area contributed by atoms with Crippen molar-refractivity contribution in [2.45, 2.75) is 77.2 Å². The Kier molecular flexibility index (Phi) is 6.52. The number of carbonyl (C=O) groups is 1. The van der Waals surface area contributed by atoms with E-state index >= 15 is 0 Å². The third-order valence-corrected chi connectivity index (χ3v) is 3.60. The molecule has 0 radical (unpaired) electrons. The van der Waals surface area contributed by atoms with Crippen molar-refractivity contribution < 1.29 is 22.7 Å². The summed E-state index contributed by atoms with van der Waals surface area (Å²) in [5.74, 6) is 0.142. The van der Waals surface area contributed by atoms with Crippen LogP contribution in [-0.4, -0.2) is 36.5 Å². The molecule has 22 heavy (non-hydrogen) atoms. The van der Waals surface area contributed by atoms with E-state index in [1.165, 1.54) is 0 Å². The smallest absolute Gasteiger partial charge is 0.407 e. The van der Waals surface area contributed by atoms with Crippen molar-refractivity contribution in [3.8, 4) is 0 Å². The number of hydrogen-bond donors (Lipinski definition) is 2. The van der Waals surface area contributed by atoms with Crippen LogP contribution in [0.2, 0.25) is 0 Å². The average Bonchev–Trinajstić information content (AvgIpc) is 2.68. The van der Waals surface area contributed by atoms with E-state index in [2.05, 4.69) is 10.6 Å². The third-order valence-electron chi connectivity index (χ3n) is 3.60. The predicted octanol–water partition coefficient (Wildman–Crippen LogP) is 3.61. The molecule has 0 aromatic carbocycles. The largest absolute Gasteiger partial charge is 0.444 e. The lowest BCUT2D eigenvalue weighted by Crippen LogP contribution is -2.44. The van der Waals surface area contributed by atoms with Gasteiger partial charge < -0.3 is 15.4 Å². The fourth-order valence-corrected chi connectivity index (χ4v) is 2.80. The first-order valence-electron chi connectivity index (χ1n) is 7.76. The van der Waals surface area contributed by atoms with Crippen molar-refractivity contribution in [2.24, 2.45) is 5.92 Å². The van der Waals surface area contributed by atoms with Gasteiger partial charge in [-0.2, -0.15) is 13.2 Å². The molecule has 0 aromatic rings. The molecule has 0 aliphatic heterocycles. The molecule has 0 spiro atoms. The van der Waals surface area contributed by atoms with Gasteiger partial charge in [0.1, 0.15) is 5.60 Å². The summed E-state index contributed by atoms with van der Waals surface area (Å²) in [5.41, 5.74) is -0.557. The lowest BCUT2D eigenvalue weighted by atomic mass is 10.0. The number of nitrogens with one attached hydrogen (secondary N) is 2. The quantitative estimate of drug-likeness (QED) is 0.812. The second-order valence-electron chi connectivity index (χ2n) is 7.07. The van der Waals surface area contributed by atoms with Crippen LogP contribution in [0, 0.1) is 5.92 Å². The van der Waals surface area contributed by atoms with Gasteiger partial charge in [0.2, 0.25) is 0 Å². The molecule has 1 amide bonds. The molecule has 7 heteroatoms. The molecule has 0 saturated heterocycles. The number of amides is 1. The van der Waals surface area contributed by atoms with Crippen LogP contribution in [0.25, 0.3) is 0 Å². The van der Waals surface area contributed by atoms with Gasteiger partial charge in [0.05, 0.1) is 6.42 Å². The lowest BCUT2D eigenvalue weighted by molar-refractivity contribution is -0.139. The van der Waals surface area contributed by atoms with Gasteiger partial charge in [-0.3, -0.25) is 0 Å². The van der Waals surface area contributed by atoms with Crippen LogP contribution in [0.4, 0.5) is 18.0 Å². The van der Waals surface area contributed by atoms with Gasteiger partial charge in [-0.05, 0) is 46.5 Å². The molecule has 4 nitrogen and oxygen atoms in total. The molecular formula is C15H27F3N2O2. The second kappa shape index (κ2) is 7.53. The Morgan fingerprint density at radius 2 is 1.91 bits per heavy atom. The first kappa shape index (κ1) is 19.1. The molecule has 1 aliphatic carbocycles. The summed E-state index contributed by atoms with van der Waals surface area (Å²) < 4.78 is 42.3. The van der Waals surface area contributed by atoms with E-state index in [4.69, 9.17) is 4.74 Å². The Bertz CT molecular complexity index is 367. The summed E-state index contributed by atoms with van der Waals surface area (Å²) in [6.45, 7) is 7.32. The zero-order chi connectivity index (χ0) is 17.0. The van der Waals surface area contributed by atoms with Crippen LogP contribution in [0.1, 0.15) is 53.4 Å². The van der Waals surface area contributed by atoms with Crippen molar-refractivity contribution in [3.05, 3.63) is 0 Å². The highest BCUT2D eigenvalue weighted by molar-refractivity contribution is 5.67. The third kappa shape index (κ3) is 7.87. The summed E-state index contributed by atoms with van der Waals surface area (Å²) in [5, 5.41) is 5.75. The topological polar surface area (TPSA) is 50.4 Å². The Balaban J connectivity index is 2.38. The SMILES string of the molecule is CC(CC(F)(F)F)NC1CCCC1CNC(=O)OC(C)(C)C. The molecule has 2 N–H and O–H groups in total. The van der Waals surface area contributed by atoms with Crippen molar-refractivity contribution in [3.63, 3.8) is 0 Å². The molecular weight excluding hydrogens is 297 g/mol. The summed E-state index contributed by atoms with van der Waals surface area (Å²) in [4.78, 5) is 11.6. The van der Waals surface area contributed by atoms with E-state index in [1.54, 1.807) is 27.7 Å². The number of alkyl carbamates (subject to hydrolysis) is 1. The van der Waals surface area contributed by atoms with E-state index in [0.29, 0.717) is 6.54 Å². The van der Waals surface area contributed by atoms with Gasteiger partial charge in [-0.15, -0.1) is 0 Å². The minimum atomic E-state index is -4.16. The molecule has 0 heterocycles. The molecule has 3 unspecified atom stereocenters. The zero-order valence-electron chi connectivity index (χ0n) is 13.7. The first-order valence-corrected chi connectivity index (χ1v) is 7.76. The highest BCUT2D eigenvalue weighted by atomic mass is 19.4. The molecule has 0 bridgehead atoms. The van der Waals surface area contributed by atoms with Crippen molar-refractivity contribution in [1.82, 2.24) is 10.6 Å². The van der Waals surface area contributed by atoms with Crippen LogP contribution in [0.3, 0.4) is 0 Å². The van der Waals surface area contributed by atoms with Crippen molar-refractivity contribution >= 4 is 6.09 Å². The minimum absolute atomic E-state index is 0.00675. The zero-order valence-corrected chi connectivity index (χ0v) is 13.7. The summed E-state index contributed by atoms with van der Waals surface area (Å²) in [6, 6.07) is -0.612. The Labute approximate surface area is 130 Å². The van der Waals surface area contributed by atoms with Crippen LogP contribution in [0.5, 0.6) is 0 Å². The lowest BCUT2D eigenvalue weighted by Gasteiger charge is -2.26. The number of alkyl halides is 3. The Morgan fingerprint density at radius 1 is 1.27 bits per heavy atom. The molecule has 1 fully saturated rings. The molecule has 1 aliphatic rings. The number of halogens is 3. The number of carbonyl (C=O) groups excluding carboxylic acids is 1. The van der Waals surface area contributed by atoms with Gasteiger partial charge in [0, 0.05) is 18.6 Å². The summed E-state index contributed by atoms with van der Waals surface area (Å²) in [7, 11) is 0. The van der Waals surface area contributed by atoms with E-state index < -0.39 is 30.3 Å². The van der Waals surface area contributed by atoms with E-state index in [0.717, 1.165) is 19.3 Å². The van der Waals surface area contributed by atoms with E-state index in [-0.39, 0.29) is 12.0 Å². The standard InChI is InChI=1S/C15H27F3N2O2/c1-10(8-15(16,17)18)20-12-7-5-6-11(12)9-19-13(21)22-14(2,3)4/h10-12,20H,5-9H2,1-4H3,(H,19,21). The fraction of sp³-hybridized carbons (Fsp3) is 0.933. The average molecular weight is 324 g/mol. The maximum Gasteiger partial charge on any atom is 0.407 e. The van der Waals surface area contributed by atoms with Crippen molar-refractivity contribution in [2.75, 3.05) is 6.54 Å². The molecule has 130 valence electrons. The molecule has 3 atom stereocenters. The molecule has 1 rings (SSSR count). The number of ether oxygens (including phenoxy) is 1. The number of hydrogen-bond acceptors (Lipinski definition) is 3. The fourth-order valence-electron chi connectivity index (χ4n) is 2.80. The number of rotatable bonds is 5. The van der Waals surface area contributed by atoms with Gasteiger partial charge in [-0.1, -0.05) is 6.42 Å². The molecule has 1 saturated carbocycles. The summed E-state index contributed by atoms with van der Waals surface area (Å²) in [6.07, 6.45) is -2.79. The maximum atomic E-state index is 12.4. The monoisotopic (exact) mass is 324 g/mol. The van der Waals surface area contributed by atoms with E-state index in [1.807, 2.05) is 0 Å². The van der Waals surface area contributed by atoms with Gasteiger partial charge in [0.25, 0.3) is 0 Å². The van der Waals surface area contributed by atoms with Crippen LogP contribution in [0.15, 0.2) is 0 Å². The minimum Gasteiger partial charge on any atom is -0.444 e. The normalized spacial score (nSPS) is 24.1. The maximum absolute atomic E-state index is 12.4. The van der Waals surface area contributed by atoms with Gasteiger partial charge >= 0.3 is 12.3 Å². The summed E-state index contributed by atoms with van der Waals surface area (Å²) >= 11 is 0. The highest BCUT2D eigenvalue weighted by Crippen LogP contribution is 2.27. The predicted molar refractivity (Wildman–Crippen MR) is 78.6 cm³/mol. The van der Waals surface area contributed by atoms with Crippen molar-refractivity contribution in [1.29, 1.82) is 0 Å². The highest BCUT2D eigenvalue weighted by Gasteiger charge is 2.34. The van der Waals surface area contributed by atoms with Crippen LogP contribution >= 0.6 is 0 Å². The first-order chi connectivity index (χ1) is 9.96. The van der Waals surface area contributed by atoms with Crippen LogP contribution < -0.4 is 10.6 Å².